The maximum atomic E-state index is 12.1. The lowest BCUT2D eigenvalue weighted by Gasteiger charge is -2.24. The number of rotatable bonds is 7. The molecular weight excluding hydrogens is 346 g/mol. The summed E-state index contributed by atoms with van der Waals surface area (Å²) in [6.45, 7) is 7.46. The second-order valence-electron chi connectivity index (χ2n) is 6.63. The highest BCUT2D eigenvalue weighted by atomic mass is 32.2. The van der Waals surface area contributed by atoms with Gasteiger partial charge in [0.15, 0.2) is 11.5 Å². The van der Waals surface area contributed by atoms with E-state index in [4.69, 9.17) is 14.2 Å². The molecule has 0 aliphatic carbocycles. The number of sulfone groups is 1. The third kappa shape index (κ3) is 7.64. The van der Waals surface area contributed by atoms with Crippen LogP contribution in [0.2, 0.25) is 0 Å². The van der Waals surface area contributed by atoms with E-state index < -0.39 is 27.6 Å². The van der Waals surface area contributed by atoms with Gasteiger partial charge < -0.3 is 19.5 Å². The molecule has 0 radical (unpaired) electrons. The van der Waals surface area contributed by atoms with E-state index in [1.165, 1.54) is 7.11 Å². The van der Waals surface area contributed by atoms with Gasteiger partial charge in [-0.15, -0.1) is 0 Å². The summed E-state index contributed by atoms with van der Waals surface area (Å²) in [4.78, 5) is 12.1. The molecule has 0 heterocycles. The third-order valence-corrected chi connectivity index (χ3v) is 3.99. The van der Waals surface area contributed by atoms with Crippen molar-refractivity contribution >= 4 is 15.9 Å². The molecule has 1 aromatic rings. The summed E-state index contributed by atoms with van der Waals surface area (Å²) >= 11 is 0. The van der Waals surface area contributed by atoms with Gasteiger partial charge in [-0.3, -0.25) is 0 Å². The molecule has 25 heavy (non-hydrogen) atoms. The van der Waals surface area contributed by atoms with Gasteiger partial charge in [-0.2, -0.15) is 0 Å². The van der Waals surface area contributed by atoms with E-state index in [0.29, 0.717) is 23.7 Å². The third-order valence-electron chi connectivity index (χ3n) is 3.05. The first-order valence-corrected chi connectivity index (χ1v) is 9.99. The number of carbonyl (C=O) groups excluding carboxylic acids is 1. The van der Waals surface area contributed by atoms with Crippen molar-refractivity contribution < 1.29 is 27.4 Å². The minimum atomic E-state index is -3.34. The fraction of sp³-hybridized carbons (Fsp3) is 0.588. The van der Waals surface area contributed by atoms with Crippen molar-refractivity contribution in [3.63, 3.8) is 0 Å². The van der Waals surface area contributed by atoms with Crippen molar-refractivity contribution in [2.75, 3.05) is 25.7 Å². The zero-order chi connectivity index (χ0) is 19.3. The van der Waals surface area contributed by atoms with Gasteiger partial charge in [0.2, 0.25) is 0 Å². The molecule has 8 heteroatoms. The number of nitrogens with one attached hydrogen (secondary N) is 1. The Hall–Kier alpha value is -1.96. The molecular formula is C17H27NO6S. The summed E-state index contributed by atoms with van der Waals surface area (Å²) in [5.41, 5.74) is -0.101. The molecule has 1 amide bonds. The van der Waals surface area contributed by atoms with E-state index in [1.54, 1.807) is 39.0 Å². The van der Waals surface area contributed by atoms with E-state index in [2.05, 4.69) is 5.32 Å². The van der Waals surface area contributed by atoms with E-state index in [0.717, 1.165) is 6.26 Å². The zero-order valence-corrected chi connectivity index (χ0v) is 16.4. The molecule has 1 rings (SSSR count). The number of ether oxygens (including phenoxy) is 3. The standard InChI is InChI=1S/C17H27NO6S/c1-7-23-15-10-12(8-9-14(15)22-5)13(11-25(6,20)21)18-16(19)24-17(2,3)4/h8-10,13H,7,11H2,1-6H3,(H,18,19). The van der Waals surface area contributed by atoms with E-state index in [1.807, 2.05) is 6.92 Å². The van der Waals surface area contributed by atoms with Crippen LogP contribution in [-0.2, 0) is 14.6 Å². The Morgan fingerprint density at radius 3 is 2.36 bits per heavy atom. The van der Waals surface area contributed by atoms with E-state index in [9.17, 15) is 13.2 Å². The van der Waals surface area contributed by atoms with E-state index >= 15 is 0 Å². The fourth-order valence-electron chi connectivity index (χ4n) is 2.15. The SMILES string of the molecule is CCOc1cc(C(CS(C)(=O)=O)NC(=O)OC(C)(C)C)ccc1OC. The van der Waals surface area contributed by atoms with Crippen molar-refractivity contribution in [3.05, 3.63) is 23.8 Å². The van der Waals surface area contributed by atoms with Crippen molar-refractivity contribution in [1.29, 1.82) is 0 Å². The molecule has 0 aromatic heterocycles. The largest absolute Gasteiger partial charge is 0.493 e. The summed E-state index contributed by atoms with van der Waals surface area (Å²) < 4.78 is 39.5. The van der Waals surface area contributed by atoms with Gasteiger partial charge in [-0.25, -0.2) is 13.2 Å². The van der Waals surface area contributed by atoms with Crippen LogP contribution in [0.5, 0.6) is 11.5 Å². The zero-order valence-electron chi connectivity index (χ0n) is 15.6. The molecule has 1 atom stereocenters. The van der Waals surface area contributed by atoms with Gasteiger partial charge in [0.25, 0.3) is 0 Å². The van der Waals surface area contributed by atoms with Gasteiger partial charge in [0, 0.05) is 6.26 Å². The summed E-state index contributed by atoms with van der Waals surface area (Å²) in [5, 5.41) is 2.62. The lowest BCUT2D eigenvalue weighted by atomic mass is 10.1. The Bertz CT molecular complexity index is 694. The van der Waals surface area contributed by atoms with Crippen LogP contribution in [0.15, 0.2) is 18.2 Å². The quantitative estimate of drug-likeness (QED) is 0.790. The van der Waals surface area contributed by atoms with Crippen molar-refractivity contribution in [2.45, 2.75) is 39.3 Å². The Morgan fingerprint density at radius 1 is 1.24 bits per heavy atom. The highest BCUT2D eigenvalue weighted by Crippen LogP contribution is 2.31. The first-order valence-electron chi connectivity index (χ1n) is 7.93. The first-order chi connectivity index (χ1) is 11.4. The number of amides is 1. The Kier molecular flexibility index (Phi) is 7.10. The van der Waals surface area contributed by atoms with Crippen LogP contribution in [0.3, 0.4) is 0 Å². The maximum Gasteiger partial charge on any atom is 0.408 e. The Labute approximate surface area is 149 Å². The Morgan fingerprint density at radius 2 is 1.88 bits per heavy atom. The second-order valence-corrected chi connectivity index (χ2v) is 8.82. The molecule has 1 unspecified atom stereocenters. The molecule has 1 aromatic carbocycles. The second kappa shape index (κ2) is 8.42. The summed E-state index contributed by atoms with van der Waals surface area (Å²) in [6.07, 6.45) is 0.430. The summed E-state index contributed by atoms with van der Waals surface area (Å²) in [5.74, 6) is 0.748. The highest BCUT2D eigenvalue weighted by Gasteiger charge is 2.24. The average molecular weight is 373 g/mol. The predicted molar refractivity (Wildman–Crippen MR) is 96.0 cm³/mol. The topological polar surface area (TPSA) is 90.9 Å². The Balaban J connectivity index is 3.15. The number of alkyl carbamates (subject to hydrolysis) is 1. The summed E-state index contributed by atoms with van der Waals surface area (Å²) in [6, 6.07) is 4.26. The number of carbonyl (C=O) groups is 1. The monoisotopic (exact) mass is 373 g/mol. The van der Waals surface area contributed by atoms with Gasteiger partial charge in [0.05, 0.1) is 25.5 Å². The predicted octanol–water partition coefficient (Wildman–Crippen LogP) is 2.70. The van der Waals surface area contributed by atoms with Gasteiger partial charge in [-0.1, -0.05) is 6.07 Å². The molecule has 142 valence electrons. The molecule has 0 spiro atoms. The maximum absolute atomic E-state index is 12.1. The smallest absolute Gasteiger partial charge is 0.408 e. The molecule has 0 aliphatic rings. The molecule has 0 saturated heterocycles. The number of hydrogen-bond acceptors (Lipinski definition) is 6. The average Bonchev–Trinajstić information content (AvgIpc) is 2.43. The van der Waals surface area contributed by atoms with Crippen LogP contribution in [0.1, 0.15) is 39.3 Å². The fourth-order valence-corrected chi connectivity index (χ4v) is 3.03. The van der Waals surface area contributed by atoms with Gasteiger partial charge in [0.1, 0.15) is 15.4 Å². The highest BCUT2D eigenvalue weighted by molar-refractivity contribution is 7.90. The molecule has 0 saturated carbocycles. The molecule has 0 fully saturated rings. The van der Waals surface area contributed by atoms with Crippen LogP contribution in [0, 0.1) is 0 Å². The van der Waals surface area contributed by atoms with Crippen LogP contribution < -0.4 is 14.8 Å². The van der Waals surface area contributed by atoms with Crippen molar-refractivity contribution in [2.24, 2.45) is 0 Å². The number of benzene rings is 1. The minimum absolute atomic E-state index is 0.260. The lowest BCUT2D eigenvalue weighted by molar-refractivity contribution is 0.0508. The van der Waals surface area contributed by atoms with E-state index in [-0.39, 0.29) is 5.75 Å². The molecule has 0 aliphatic heterocycles. The molecule has 7 nitrogen and oxygen atoms in total. The summed E-state index contributed by atoms with van der Waals surface area (Å²) in [7, 11) is -1.83. The van der Waals surface area contributed by atoms with Crippen LogP contribution >= 0.6 is 0 Å². The first kappa shape index (κ1) is 21.1. The molecule has 0 bridgehead atoms. The minimum Gasteiger partial charge on any atom is -0.493 e. The lowest BCUT2D eigenvalue weighted by Crippen LogP contribution is -2.37. The number of hydrogen-bond donors (Lipinski definition) is 1. The van der Waals surface area contributed by atoms with Crippen molar-refractivity contribution in [1.82, 2.24) is 5.32 Å². The van der Waals surface area contributed by atoms with Crippen molar-refractivity contribution in [3.8, 4) is 11.5 Å². The van der Waals surface area contributed by atoms with Gasteiger partial charge >= 0.3 is 6.09 Å². The van der Waals surface area contributed by atoms with Gasteiger partial charge in [-0.05, 0) is 45.4 Å². The van der Waals surface area contributed by atoms with Crippen LogP contribution in [0.4, 0.5) is 4.79 Å². The number of methoxy groups -OCH3 is 1. The normalized spacial score (nSPS) is 13.0. The van der Waals surface area contributed by atoms with Crippen LogP contribution in [0.25, 0.3) is 0 Å². The molecule has 1 N–H and O–H groups in total. The van der Waals surface area contributed by atoms with Crippen LogP contribution in [-0.4, -0.2) is 45.8 Å².